The molecule has 0 amide bonds. The van der Waals surface area contributed by atoms with E-state index in [0.717, 1.165) is 12.1 Å². The Bertz CT molecular complexity index is 310. The molecule has 1 aromatic carbocycles. The lowest BCUT2D eigenvalue weighted by Gasteiger charge is -2.11. The number of hydrogen-bond donors (Lipinski definition) is 2. The minimum Gasteiger partial charge on any atom is -0.396 e. The quantitative estimate of drug-likeness (QED) is 0.767. The van der Waals surface area contributed by atoms with Crippen molar-refractivity contribution in [3.63, 3.8) is 0 Å². The monoisotopic (exact) mass is 221 g/mol. The first-order chi connectivity index (χ1) is 6.56. The van der Waals surface area contributed by atoms with Gasteiger partial charge in [-0.2, -0.15) is 0 Å². The Hall–Kier alpha value is -0.710. The highest BCUT2D eigenvalue weighted by Gasteiger charge is 2.12. The Morgan fingerprint density at radius 2 is 1.86 bits per heavy atom. The van der Waals surface area contributed by atoms with Crippen LogP contribution in [0.25, 0.3) is 0 Å². The van der Waals surface area contributed by atoms with E-state index in [0.29, 0.717) is 5.56 Å². The van der Waals surface area contributed by atoms with Gasteiger partial charge in [0.05, 0.1) is 0 Å². The minimum absolute atomic E-state index is 0.132. The van der Waals surface area contributed by atoms with Crippen molar-refractivity contribution in [2.75, 3.05) is 6.61 Å². The first-order valence-corrected chi connectivity index (χ1v) is 4.45. The van der Waals surface area contributed by atoms with Gasteiger partial charge in [-0.1, -0.05) is 11.6 Å². The van der Waals surface area contributed by atoms with Crippen LogP contribution in [-0.4, -0.2) is 11.7 Å². The predicted molar refractivity (Wildman–Crippen MR) is 50.0 cm³/mol. The molecule has 0 aliphatic rings. The van der Waals surface area contributed by atoms with Crippen LogP contribution in [-0.2, 0) is 0 Å². The van der Waals surface area contributed by atoms with Gasteiger partial charge in [-0.25, -0.2) is 8.78 Å². The predicted octanol–water partition coefficient (Wildman–Crippen LogP) is 2.00. The number of aliphatic hydroxyl groups excluding tert-OH is 1. The summed E-state index contributed by atoms with van der Waals surface area (Å²) in [5.41, 5.74) is 5.85. The zero-order valence-electron chi connectivity index (χ0n) is 7.30. The maximum Gasteiger partial charge on any atom is 0.145 e. The molecule has 0 heterocycles. The first kappa shape index (κ1) is 11.4. The molecule has 0 saturated carbocycles. The molecule has 14 heavy (non-hydrogen) atoms. The van der Waals surface area contributed by atoms with Gasteiger partial charge in [0.2, 0.25) is 0 Å². The summed E-state index contributed by atoms with van der Waals surface area (Å²) in [5, 5.41) is 8.06. The second kappa shape index (κ2) is 4.68. The molecule has 0 aliphatic carbocycles. The summed E-state index contributed by atoms with van der Waals surface area (Å²) in [6.45, 7) is -0.132. The zero-order chi connectivity index (χ0) is 10.7. The van der Waals surface area contributed by atoms with E-state index in [1.807, 2.05) is 0 Å². The van der Waals surface area contributed by atoms with E-state index in [2.05, 4.69) is 0 Å². The van der Waals surface area contributed by atoms with Crippen LogP contribution in [0, 0.1) is 11.6 Å². The van der Waals surface area contributed by atoms with Gasteiger partial charge in [-0.15, -0.1) is 0 Å². The van der Waals surface area contributed by atoms with Gasteiger partial charge >= 0.3 is 0 Å². The molecule has 3 N–H and O–H groups in total. The second-order valence-corrected chi connectivity index (χ2v) is 3.30. The molecule has 78 valence electrons. The number of benzene rings is 1. The van der Waals surface area contributed by atoms with Crippen LogP contribution in [0.15, 0.2) is 12.1 Å². The third-order valence-electron chi connectivity index (χ3n) is 1.87. The molecule has 0 bridgehead atoms. The third-order valence-corrected chi connectivity index (χ3v) is 2.24. The van der Waals surface area contributed by atoms with Gasteiger partial charge in [0.1, 0.15) is 16.7 Å². The summed E-state index contributed by atoms with van der Waals surface area (Å²) in [5.74, 6) is -1.68. The maximum absolute atomic E-state index is 13.0. The van der Waals surface area contributed by atoms with Crippen molar-refractivity contribution < 1.29 is 13.9 Å². The van der Waals surface area contributed by atoms with Gasteiger partial charge < -0.3 is 10.8 Å². The summed E-state index contributed by atoms with van der Waals surface area (Å²) >= 11 is 5.29. The summed E-state index contributed by atoms with van der Waals surface area (Å²) in [6, 6.07) is 1.57. The van der Waals surface area contributed by atoms with Crippen molar-refractivity contribution in [2.24, 2.45) is 5.73 Å². The lowest BCUT2D eigenvalue weighted by molar-refractivity contribution is 0.276. The average Bonchev–Trinajstić information content (AvgIpc) is 2.13. The molecule has 1 aromatic rings. The second-order valence-electron chi connectivity index (χ2n) is 2.92. The van der Waals surface area contributed by atoms with Crippen molar-refractivity contribution in [1.29, 1.82) is 0 Å². The molecule has 0 aromatic heterocycles. The topological polar surface area (TPSA) is 46.2 Å². The molecule has 1 rings (SSSR count). The number of nitrogens with two attached hydrogens (primary N) is 1. The highest BCUT2D eigenvalue weighted by molar-refractivity contribution is 6.30. The molecule has 0 aliphatic heterocycles. The van der Waals surface area contributed by atoms with Crippen molar-refractivity contribution >= 4 is 11.6 Å². The van der Waals surface area contributed by atoms with Crippen LogP contribution in [0.4, 0.5) is 8.78 Å². The van der Waals surface area contributed by atoms with E-state index in [9.17, 15) is 8.78 Å². The summed E-state index contributed by atoms with van der Waals surface area (Å²) in [6.07, 6.45) is 0.251. The standard InChI is InChI=1S/C9H10ClF2NO/c10-9-6(11)3-5(4-7(9)12)8(13)1-2-14/h3-4,8,14H,1-2,13H2. The van der Waals surface area contributed by atoms with Crippen LogP contribution in [0.2, 0.25) is 5.02 Å². The average molecular weight is 222 g/mol. The summed E-state index contributed by atoms with van der Waals surface area (Å²) in [7, 11) is 0. The Labute approximate surface area is 85.3 Å². The largest absolute Gasteiger partial charge is 0.396 e. The van der Waals surface area contributed by atoms with Crippen LogP contribution in [0.1, 0.15) is 18.0 Å². The van der Waals surface area contributed by atoms with Crippen LogP contribution in [0.5, 0.6) is 0 Å². The Balaban J connectivity index is 3.00. The van der Waals surface area contributed by atoms with Crippen LogP contribution >= 0.6 is 11.6 Å². The number of hydrogen-bond acceptors (Lipinski definition) is 2. The van der Waals surface area contributed by atoms with E-state index >= 15 is 0 Å². The first-order valence-electron chi connectivity index (χ1n) is 4.07. The Kier molecular flexibility index (Phi) is 3.80. The number of rotatable bonds is 3. The highest BCUT2D eigenvalue weighted by Crippen LogP contribution is 2.24. The fourth-order valence-electron chi connectivity index (χ4n) is 1.09. The van der Waals surface area contributed by atoms with Gasteiger partial charge in [0.15, 0.2) is 0 Å². The van der Waals surface area contributed by atoms with Gasteiger partial charge in [0.25, 0.3) is 0 Å². The highest BCUT2D eigenvalue weighted by atomic mass is 35.5. The van der Waals surface area contributed by atoms with Crippen LogP contribution < -0.4 is 5.73 Å². The third kappa shape index (κ3) is 2.41. The van der Waals surface area contributed by atoms with Crippen molar-refractivity contribution in [3.05, 3.63) is 34.4 Å². The zero-order valence-corrected chi connectivity index (χ0v) is 8.06. The molecule has 1 atom stereocenters. The molecule has 5 heteroatoms. The molecule has 1 unspecified atom stereocenters. The molecule has 0 fully saturated rings. The molecular weight excluding hydrogens is 212 g/mol. The normalized spacial score (nSPS) is 12.9. The fourth-order valence-corrected chi connectivity index (χ4v) is 1.20. The van der Waals surface area contributed by atoms with E-state index < -0.39 is 22.7 Å². The van der Waals surface area contributed by atoms with Crippen molar-refractivity contribution in [3.8, 4) is 0 Å². The summed E-state index contributed by atoms with van der Waals surface area (Å²) in [4.78, 5) is 0. The van der Waals surface area contributed by atoms with Gasteiger partial charge in [0, 0.05) is 12.6 Å². The Morgan fingerprint density at radius 3 is 2.29 bits per heavy atom. The Morgan fingerprint density at radius 1 is 1.36 bits per heavy atom. The molecule has 2 nitrogen and oxygen atoms in total. The van der Waals surface area contributed by atoms with E-state index in [1.54, 1.807) is 0 Å². The van der Waals surface area contributed by atoms with Crippen molar-refractivity contribution in [1.82, 2.24) is 0 Å². The molecule has 0 radical (unpaired) electrons. The van der Waals surface area contributed by atoms with E-state index in [1.165, 1.54) is 0 Å². The molecule has 0 saturated heterocycles. The number of aliphatic hydroxyl groups is 1. The van der Waals surface area contributed by atoms with Crippen molar-refractivity contribution in [2.45, 2.75) is 12.5 Å². The van der Waals surface area contributed by atoms with Gasteiger partial charge in [-0.05, 0) is 24.1 Å². The smallest absolute Gasteiger partial charge is 0.145 e. The van der Waals surface area contributed by atoms with Crippen LogP contribution in [0.3, 0.4) is 0 Å². The molecular formula is C9H10ClF2NO. The van der Waals surface area contributed by atoms with E-state index in [4.69, 9.17) is 22.4 Å². The van der Waals surface area contributed by atoms with Gasteiger partial charge in [-0.3, -0.25) is 0 Å². The lowest BCUT2D eigenvalue weighted by Crippen LogP contribution is -2.12. The lowest BCUT2D eigenvalue weighted by atomic mass is 10.0. The summed E-state index contributed by atoms with van der Waals surface area (Å²) < 4.78 is 25.9. The minimum atomic E-state index is -0.838. The SMILES string of the molecule is NC(CCO)c1cc(F)c(Cl)c(F)c1. The number of halogens is 3. The molecule has 0 spiro atoms. The van der Waals surface area contributed by atoms with E-state index in [-0.39, 0.29) is 13.0 Å². The maximum atomic E-state index is 13.0. The fraction of sp³-hybridized carbons (Fsp3) is 0.333.